The topological polar surface area (TPSA) is 52.3 Å². The highest BCUT2D eigenvalue weighted by Gasteiger charge is 2.29. The predicted octanol–water partition coefficient (Wildman–Crippen LogP) is 5.33. The zero-order chi connectivity index (χ0) is 19.9. The van der Waals surface area contributed by atoms with Crippen LogP contribution in [0.15, 0.2) is 43.5 Å². The molecule has 1 aliphatic carbocycles. The molecule has 2 rings (SSSR count). The lowest BCUT2D eigenvalue weighted by Crippen LogP contribution is -2.33. The molecule has 3 heteroatoms. The molecule has 0 heterocycles. The van der Waals surface area contributed by atoms with Crippen LogP contribution >= 0.6 is 0 Å². The Bertz CT molecular complexity index is 666. The number of carbonyl (C=O) groups is 1. The largest absolute Gasteiger partial charge is 0.426 e. The molecular weight excluding hydrogens is 334 g/mol. The van der Waals surface area contributed by atoms with E-state index in [2.05, 4.69) is 33.1 Å². The summed E-state index contributed by atoms with van der Waals surface area (Å²) < 4.78 is 5.67. The van der Waals surface area contributed by atoms with Crippen molar-refractivity contribution in [2.24, 2.45) is 17.6 Å². The minimum Gasteiger partial charge on any atom is -0.426 e. The van der Waals surface area contributed by atoms with Crippen LogP contribution in [0.1, 0.15) is 63.5 Å². The van der Waals surface area contributed by atoms with Gasteiger partial charge in [0, 0.05) is 12.0 Å². The average molecular weight is 370 g/mol. The SMILES string of the molecule is C=CCC(C=C)C(=O)Oc1ccc2c(c1)[C@](C)(CN)CCCC[C@@H](C)CC2. The summed E-state index contributed by atoms with van der Waals surface area (Å²) in [5.41, 5.74) is 8.71. The van der Waals surface area contributed by atoms with Gasteiger partial charge in [-0.1, -0.05) is 51.3 Å². The van der Waals surface area contributed by atoms with Gasteiger partial charge in [0.1, 0.15) is 5.75 Å². The van der Waals surface area contributed by atoms with Crippen LogP contribution in [-0.2, 0) is 16.6 Å². The van der Waals surface area contributed by atoms with Crippen LogP contribution in [0.2, 0.25) is 0 Å². The lowest BCUT2D eigenvalue weighted by atomic mass is 9.74. The summed E-state index contributed by atoms with van der Waals surface area (Å²) in [6.45, 7) is 12.6. The van der Waals surface area contributed by atoms with Crippen LogP contribution in [0.25, 0.3) is 0 Å². The summed E-state index contributed by atoms with van der Waals surface area (Å²) in [4.78, 5) is 12.4. The molecule has 3 nitrogen and oxygen atoms in total. The Kier molecular flexibility index (Phi) is 7.85. The lowest BCUT2D eigenvalue weighted by Gasteiger charge is -2.33. The molecule has 0 saturated carbocycles. The molecule has 0 saturated heterocycles. The molecule has 0 spiro atoms. The zero-order valence-corrected chi connectivity index (χ0v) is 17.0. The third-order valence-electron chi connectivity index (χ3n) is 5.99. The van der Waals surface area contributed by atoms with E-state index in [0.717, 1.165) is 18.8 Å². The first-order valence-electron chi connectivity index (χ1n) is 10.2. The van der Waals surface area contributed by atoms with Crippen molar-refractivity contribution in [2.75, 3.05) is 6.54 Å². The van der Waals surface area contributed by atoms with Crippen molar-refractivity contribution in [3.8, 4) is 5.75 Å². The van der Waals surface area contributed by atoms with Crippen LogP contribution in [0, 0.1) is 11.8 Å². The van der Waals surface area contributed by atoms with E-state index in [0.29, 0.717) is 18.7 Å². The van der Waals surface area contributed by atoms with Gasteiger partial charge in [0.15, 0.2) is 0 Å². The number of carbonyl (C=O) groups excluding carboxylic acids is 1. The monoisotopic (exact) mass is 369 g/mol. The Morgan fingerprint density at radius 3 is 2.81 bits per heavy atom. The summed E-state index contributed by atoms with van der Waals surface area (Å²) in [7, 11) is 0. The fourth-order valence-electron chi connectivity index (χ4n) is 3.96. The van der Waals surface area contributed by atoms with E-state index in [1.807, 2.05) is 12.1 Å². The van der Waals surface area contributed by atoms with Crippen molar-refractivity contribution in [3.05, 3.63) is 54.6 Å². The van der Waals surface area contributed by atoms with Gasteiger partial charge in [-0.05, 0) is 54.9 Å². The lowest BCUT2D eigenvalue weighted by molar-refractivity contribution is -0.137. The predicted molar refractivity (Wildman–Crippen MR) is 113 cm³/mol. The van der Waals surface area contributed by atoms with Gasteiger partial charge in [0.2, 0.25) is 0 Å². The number of aryl methyl sites for hydroxylation is 1. The minimum atomic E-state index is -0.363. The molecule has 3 atom stereocenters. The molecule has 1 aromatic rings. The number of ether oxygens (including phenoxy) is 1. The molecule has 0 fully saturated rings. The van der Waals surface area contributed by atoms with Crippen molar-refractivity contribution in [2.45, 2.75) is 64.2 Å². The first-order chi connectivity index (χ1) is 12.9. The van der Waals surface area contributed by atoms with E-state index in [4.69, 9.17) is 10.5 Å². The summed E-state index contributed by atoms with van der Waals surface area (Å²) in [6.07, 6.45) is 10.9. The quantitative estimate of drug-likeness (QED) is 0.419. The van der Waals surface area contributed by atoms with E-state index in [1.165, 1.54) is 36.8 Å². The van der Waals surface area contributed by atoms with E-state index >= 15 is 0 Å². The maximum absolute atomic E-state index is 12.4. The van der Waals surface area contributed by atoms with Gasteiger partial charge in [0.05, 0.1) is 5.92 Å². The van der Waals surface area contributed by atoms with Crippen molar-refractivity contribution < 1.29 is 9.53 Å². The molecular formula is C24H35NO2. The fraction of sp³-hybridized carbons (Fsp3) is 0.542. The number of allylic oxidation sites excluding steroid dienone is 1. The van der Waals surface area contributed by atoms with Crippen LogP contribution in [0.5, 0.6) is 5.75 Å². The zero-order valence-electron chi connectivity index (χ0n) is 17.0. The Hall–Kier alpha value is -1.87. The Morgan fingerprint density at radius 1 is 1.37 bits per heavy atom. The Labute approximate surface area is 164 Å². The molecule has 0 aromatic heterocycles. The molecule has 27 heavy (non-hydrogen) atoms. The number of rotatable bonds is 6. The summed E-state index contributed by atoms with van der Waals surface area (Å²) >= 11 is 0. The Morgan fingerprint density at radius 2 is 2.15 bits per heavy atom. The third kappa shape index (κ3) is 5.55. The van der Waals surface area contributed by atoms with E-state index in [1.54, 1.807) is 12.2 Å². The molecule has 1 aliphatic rings. The second kappa shape index (κ2) is 9.89. The fourth-order valence-corrected chi connectivity index (χ4v) is 3.96. The number of hydrogen-bond donors (Lipinski definition) is 1. The number of hydrogen-bond acceptors (Lipinski definition) is 3. The molecule has 0 amide bonds. The van der Waals surface area contributed by atoms with Gasteiger partial charge in [-0.3, -0.25) is 4.79 Å². The highest BCUT2D eigenvalue weighted by molar-refractivity contribution is 5.77. The third-order valence-corrected chi connectivity index (χ3v) is 5.99. The van der Waals surface area contributed by atoms with Gasteiger partial charge < -0.3 is 10.5 Å². The first kappa shape index (κ1) is 21.4. The maximum atomic E-state index is 12.4. The molecule has 148 valence electrons. The number of fused-ring (bicyclic) bond motifs is 1. The van der Waals surface area contributed by atoms with E-state index < -0.39 is 0 Å². The number of benzene rings is 1. The van der Waals surface area contributed by atoms with Crippen LogP contribution in [0.3, 0.4) is 0 Å². The van der Waals surface area contributed by atoms with Gasteiger partial charge in [-0.2, -0.15) is 0 Å². The van der Waals surface area contributed by atoms with E-state index in [9.17, 15) is 4.79 Å². The smallest absolute Gasteiger partial charge is 0.318 e. The van der Waals surface area contributed by atoms with Crippen LogP contribution in [0.4, 0.5) is 0 Å². The average Bonchev–Trinajstić information content (AvgIpc) is 2.67. The van der Waals surface area contributed by atoms with Gasteiger partial charge in [-0.25, -0.2) is 0 Å². The van der Waals surface area contributed by atoms with Gasteiger partial charge in [0.25, 0.3) is 0 Å². The molecule has 0 bridgehead atoms. The summed E-state index contributed by atoms with van der Waals surface area (Å²) in [6, 6.07) is 6.08. The second-order valence-electron chi connectivity index (χ2n) is 8.26. The molecule has 1 unspecified atom stereocenters. The normalized spacial score (nSPS) is 24.3. The summed E-state index contributed by atoms with van der Waals surface area (Å²) in [5, 5.41) is 0. The van der Waals surface area contributed by atoms with Crippen molar-refractivity contribution in [1.29, 1.82) is 0 Å². The van der Waals surface area contributed by atoms with Gasteiger partial charge in [-0.15, -0.1) is 13.2 Å². The molecule has 0 aliphatic heterocycles. The first-order valence-corrected chi connectivity index (χ1v) is 10.2. The van der Waals surface area contributed by atoms with Gasteiger partial charge >= 0.3 is 5.97 Å². The van der Waals surface area contributed by atoms with Crippen molar-refractivity contribution in [3.63, 3.8) is 0 Å². The second-order valence-corrected chi connectivity index (χ2v) is 8.26. The van der Waals surface area contributed by atoms with Crippen molar-refractivity contribution >= 4 is 5.97 Å². The highest BCUT2D eigenvalue weighted by Crippen LogP contribution is 2.36. The highest BCUT2D eigenvalue weighted by atomic mass is 16.5. The van der Waals surface area contributed by atoms with Crippen LogP contribution < -0.4 is 10.5 Å². The van der Waals surface area contributed by atoms with E-state index in [-0.39, 0.29) is 17.3 Å². The van der Waals surface area contributed by atoms with Crippen LogP contribution in [-0.4, -0.2) is 12.5 Å². The molecule has 1 aromatic carbocycles. The summed E-state index contributed by atoms with van der Waals surface area (Å²) in [5.74, 6) is 0.690. The number of nitrogens with two attached hydrogens (primary N) is 1. The maximum Gasteiger partial charge on any atom is 0.318 e. The van der Waals surface area contributed by atoms with Crippen molar-refractivity contribution in [1.82, 2.24) is 0 Å². The Balaban J connectivity index is 2.33. The molecule has 2 N–H and O–H groups in total. The number of esters is 1. The molecule has 0 radical (unpaired) electrons. The standard InChI is InChI=1S/C24H35NO2/c1-5-9-19(6-2)23(26)27-21-14-13-20-12-11-18(3)10-7-8-15-24(4,17-25)22(20)16-21/h5-6,13-14,16,18-19H,1-2,7-12,15,17,25H2,3-4H3/t18-,19?,24+/m1/s1. The minimum absolute atomic E-state index is 0.0860.